The fourth-order valence-electron chi connectivity index (χ4n) is 1.07. The molecule has 2 heteroatoms. The highest BCUT2D eigenvalue weighted by Gasteiger charge is 1.97. The molecule has 1 nitrogen and oxygen atoms in total. The molecule has 1 rings (SSSR count). The van der Waals surface area contributed by atoms with Crippen LogP contribution in [0.5, 0.6) is 0 Å². The fourth-order valence-corrected chi connectivity index (χ4v) is 1.99. The lowest BCUT2D eigenvalue weighted by atomic mass is 10.4. The van der Waals surface area contributed by atoms with E-state index < -0.39 is 0 Å². The van der Waals surface area contributed by atoms with E-state index in [1.54, 1.807) is 17.8 Å². The summed E-state index contributed by atoms with van der Waals surface area (Å²) in [6, 6.07) is 12.2. The van der Waals surface area contributed by atoms with Gasteiger partial charge in [-0.1, -0.05) is 36.4 Å². The zero-order valence-corrected chi connectivity index (χ0v) is 9.45. The van der Waals surface area contributed by atoms with Crippen molar-refractivity contribution in [2.75, 3.05) is 0 Å². The molecular weight excluding hydrogens is 202 g/mol. The number of nitrogens with zero attached hydrogens (tertiary/aromatic N) is 1. The maximum atomic E-state index is 8.29. The molecule has 76 valence electrons. The molecule has 0 amide bonds. The van der Waals surface area contributed by atoms with E-state index in [4.69, 9.17) is 5.26 Å². The van der Waals surface area contributed by atoms with Crippen molar-refractivity contribution in [3.05, 3.63) is 54.6 Å². The third kappa shape index (κ3) is 5.09. The van der Waals surface area contributed by atoms with Crippen molar-refractivity contribution in [2.45, 2.75) is 17.1 Å². The van der Waals surface area contributed by atoms with Gasteiger partial charge in [-0.2, -0.15) is 5.26 Å². The summed E-state index contributed by atoms with van der Waals surface area (Å²) in [5.74, 6) is 0. The van der Waals surface area contributed by atoms with Crippen LogP contribution in [-0.4, -0.2) is 5.25 Å². The molecule has 0 aromatic heterocycles. The molecule has 0 aliphatic heterocycles. The molecule has 1 aromatic rings. The van der Waals surface area contributed by atoms with Gasteiger partial charge in [0.05, 0.1) is 6.07 Å². The second-order valence-corrected chi connectivity index (χ2v) is 4.46. The van der Waals surface area contributed by atoms with E-state index in [2.05, 4.69) is 25.1 Å². The SMILES string of the molecule is C[C@H](/C=C/C=C/C#N)Sc1ccccc1. The van der Waals surface area contributed by atoms with Crippen molar-refractivity contribution in [1.29, 1.82) is 5.26 Å². The second-order valence-electron chi connectivity index (χ2n) is 3.01. The monoisotopic (exact) mass is 215 g/mol. The van der Waals surface area contributed by atoms with Crippen LogP contribution in [0.1, 0.15) is 6.92 Å². The Morgan fingerprint density at radius 3 is 2.67 bits per heavy atom. The largest absolute Gasteiger partial charge is 0.193 e. The van der Waals surface area contributed by atoms with E-state index in [0.29, 0.717) is 5.25 Å². The highest BCUT2D eigenvalue weighted by molar-refractivity contribution is 8.00. The van der Waals surface area contributed by atoms with Crippen molar-refractivity contribution in [1.82, 2.24) is 0 Å². The Morgan fingerprint density at radius 1 is 1.27 bits per heavy atom. The van der Waals surface area contributed by atoms with Crippen LogP contribution in [0, 0.1) is 11.3 Å². The van der Waals surface area contributed by atoms with E-state index in [1.165, 1.54) is 11.0 Å². The number of allylic oxidation sites excluding steroid dienone is 3. The quantitative estimate of drug-likeness (QED) is 0.433. The van der Waals surface area contributed by atoms with E-state index in [1.807, 2.05) is 30.3 Å². The highest BCUT2D eigenvalue weighted by atomic mass is 32.2. The van der Waals surface area contributed by atoms with Crippen molar-refractivity contribution >= 4 is 11.8 Å². The second kappa shape index (κ2) is 6.92. The van der Waals surface area contributed by atoms with Gasteiger partial charge in [-0.25, -0.2) is 0 Å². The van der Waals surface area contributed by atoms with Gasteiger partial charge in [0.1, 0.15) is 0 Å². The Morgan fingerprint density at radius 2 is 2.00 bits per heavy atom. The summed E-state index contributed by atoms with van der Waals surface area (Å²) in [7, 11) is 0. The summed E-state index contributed by atoms with van der Waals surface area (Å²) in [4.78, 5) is 1.26. The molecule has 0 spiro atoms. The minimum atomic E-state index is 0.413. The molecule has 0 saturated carbocycles. The number of hydrogen-bond acceptors (Lipinski definition) is 2. The first kappa shape index (κ1) is 11.6. The van der Waals surface area contributed by atoms with Gasteiger partial charge < -0.3 is 0 Å². The van der Waals surface area contributed by atoms with E-state index in [-0.39, 0.29) is 0 Å². The first-order valence-corrected chi connectivity index (χ1v) is 5.65. The standard InChI is InChI=1S/C13H13NS/c1-12(8-4-3-7-11-14)15-13-9-5-2-6-10-13/h2-10,12H,1H3/b7-3+,8-4+/t12-/m1/s1. The van der Waals surface area contributed by atoms with Gasteiger partial charge in [-0.15, -0.1) is 11.8 Å². The van der Waals surface area contributed by atoms with Crippen molar-refractivity contribution in [2.24, 2.45) is 0 Å². The summed E-state index contributed by atoms with van der Waals surface area (Å²) < 4.78 is 0. The molecule has 0 bridgehead atoms. The first-order chi connectivity index (χ1) is 7.33. The molecule has 0 aliphatic carbocycles. The molecule has 1 aromatic carbocycles. The van der Waals surface area contributed by atoms with Crippen LogP contribution in [0.3, 0.4) is 0 Å². The molecule has 15 heavy (non-hydrogen) atoms. The summed E-state index contributed by atoms with van der Waals surface area (Å²) in [5, 5.41) is 8.70. The van der Waals surface area contributed by atoms with Gasteiger partial charge >= 0.3 is 0 Å². The molecule has 0 aliphatic rings. The zero-order valence-electron chi connectivity index (χ0n) is 8.63. The lowest BCUT2D eigenvalue weighted by molar-refractivity contribution is 1.23. The Bertz CT molecular complexity index is 373. The van der Waals surface area contributed by atoms with Gasteiger partial charge in [0.15, 0.2) is 0 Å². The summed E-state index contributed by atoms with van der Waals surface area (Å²) >= 11 is 1.80. The molecule has 0 fully saturated rings. The predicted molar refractivity (Wildman–Crippen MR) is 65.7 cm³/mol. The number of thioether (sulfide) groups is 1. The Labute approximate surface area is 95.1 Å². The third-order valence-corrected chi connectivity index (χ3v) is 2.80. The van der Waals surface area contributed by atoms with Crippen molar-refractivity contribution in [3.8, 4) is 6.07 Å². The van der Waals surface area contributed by atoms with Gasteiger partial charge in [-0.05, 0) is 19.1 Å². The minimum absolute atomic E-state index is 0.413. The molecule has 1 atom stereocenters. The predicted octanol–water partition coefficient (Wildman–Crippen LogP) is 3.80. The maximum Gasteiger partial charge on any atom is 0.0912 e. The molecule has 0 radical (unpaired) electrons. The third-order valence-electron chi connectivity index (χ3n) is 1.73. The Kier molecular flexibility index (Phi) is 5.35. The Hall–Kier alpha value is -1.46. The number of benzene rings is 1. The van der Waals surface area contributed by atoms with Crippen LogP contribution in [-0.2, 0) is 0 Å². The van der Waals surface area contributed by atoms with Gasteiger partial charge in [0.2, 0.25) is 0 Å². The molecule has 0 heterocycles. The van der Waals surface area contributed by atoms with Crippen molar-refractivity contribution in [3.63, 3.8) is 0 Å². The molecule has 0 N–H and O–H groups in total. The van der Waals surface area contributed by atoms with Crippen LogP contribution in [0.2, 0.25) is 0 Å². The lowest BCUT2D eigenvalue weighted by Gasteiger charge is -2.04. The summed E-state index contributed by atoms with van der Waals surface area (Å²) in [6.07, 6.45) is 7.20. The average Bonchev–Trinajstić information content (AvgIpc) is 2.26. The van der Waals surface area contributed by atoms with Gasteiger partial charge in [0.25, 0.3) is 0 Å². The topological polar surface area (TPSA) is 23.8 Å². The number of rotatable bonds is 4. The number of hydrogen-bond donors (Lipinski definition) is 0. The average molecular weight is 215 g/mol. The Balaban J connectivity index is 2.43. The van der Waals surface area contributed by atoms with Crippen LogP contribution in [0.15, 0.2) is 59.5 Å². The van der Waals surface area contributed by atoms with Crippen LogP contribution < -0.4 is 0 Å². The van der Waals surface area contributed by atoms with Crippen LogP contribution in [0.4, 0.5) is 0 Å². The smallest absolute Gasteiger partial charge is 0.0912 e. The van der Waals surface area contributed by atoms with Crippen molar-refractivity contribution < 1.29 is 0 Å². The minimum Gasteiger partial charge on any atom is -0.193 e. The zero-order chi connectivity index (χ0) is 10.9. The first-order valence-electron chi connectivity index (χ1n) is 4.77. The van der Waals surface area contributed by atoms with Crippen LogP contribution >= 0.6 is 11.8 Å². The summed E-state index contributed by atoms with van der Waals surface area (Å²) in [5.41, 5.74) is 0. The van der Waals surface area contributed by atoms with Gasteiger partial charge in [-0.3, -0.25) is 0 Å². The fraction of sp³-hybridized carbons (Fsp3) is 0.154. The molecule has 0 unspecified atom stereocenters. The van der Waals surface area contributed by atoms with E-state index >= 15 is 0 Å². The molecular formula is C13H13NS. The van der Waals surface area contributed by atoms with E-state index in [0.717, 1.165) is 0 Å². The van der Waals surface area contributed by atoms with E-state index in [9.17, 15) is 0 Å². The normalized spacial score (nSPS) is 13.1. The summed E-state index contributed by atoms with van der Waals surface area (Å²) in [6.45, 7) is 2.13. The lowest BCUT2D eigenvalue weighted by Crippen LogP contribution is -1.88. The number of nitriles is 1. The maximum absolute atomic E-state index is 8.29. The molecule has 0 saturated heterocycles. The van der Waals surface area contributed by atoms with Gasteiger partial charge in [0, 0.05) is 16.2 Å². The van der Waals surface area contributed by atoms with Crippen LogP contribution in [0.25, 0.3) is 0 Å². The highest BCUT2D eigenvalue weighted by Crippen LogP contribution is 2.23.